The molecule has 2 N–H and O–H groups in total. The number of hydrogen-bond acceptors (Lipinski definition) is 6. The molecule has 0 aliphatic heterocycles. The highest BCUT2D eigenvalue weighted by molar-refractivity contribution is 5.90. The van der Waals surface area contributed by atoms with Gasteiger partial charge in [0.25, 0.3) is 0 Å². The molecule has 0 bridgehead atoms. The third kappa shape index (κ3) is 6.05. The summed E-state index contributed by atoms with van der Waals surface area (Å²) in [6.45, 7) is 3.93. The third-order valence-electron chi connectivity index (χ3n) is 5.37. The van der Waals surface area contributed by atoms with Crippen LogP contribution in [0.4, 0.5) is 11.6 Å². The van der Waals surface area contributed by atoms with Gasteiger partial charge >= 0.3 is 0 Å². The summed E-state index contributed by atoms with van der Waals surface area (Å²) in [7, 11) is 0. The highest BCUT2D eigenvalue weighted by Gasteiger charge is 2.26. The number of rotatable bonds is 8. The fraction of sp³-hybridized carbons (Fsp3) is 0.545. The Labute approximate surface area is 177 Å². The summed E-state index contributed by atoms with van der Waals surface area (Å²) in [4.78, 5) is 23.4. The Hall–Kier alpha value is -2.90. The minimum atomic E-state index is -0.0369. The van der Waals surface area contributed by atoms with E-state index in [1.165, 1.54) is 0 Å². The molecular weight excluding hydrogens is 380 g/mol. The van der Waals surface area contributed by atoms with E-state index in [9.17, 15) is 9.59 Å². The molecule has 2 heterocycles. The van der Waals surface area contributed by atoms with E-state index in [2.05, 4.69) is 31.0 Å². The van der Waals surface area contributed by atoms with Crippen LogP contribution in [0.5, 0.6) is 0 Å². The Morgan fingerprint density at radius 1 is 0.800 bits per heavy atom. The SMILES string of the molecule is CCCC(=O)Nc1ccc(C2CCCC(c3ccc(NC(=O)CCC)nn3)C2)nn1. The molecule has 8 heteroatoms. The summed E-state index contributed by atoms with van der Waals surface area (Å²) in [6.07, 6.45) is 6.71. The molecule has 1 saturated carbocycles. The molecule has 0 saturated heterocycles. The summed E-state index contributed by atoms with van der Waals surface area (Å²) in [5.41, 5.74) is 1.90. The molecule has 2 amide bonds. The first-order valence-corrected chi connectivity index (χ1v) is 10.9. The summed E-state index contributed by atoms with van der Waals surface area (Å²) < 4.78 is 0. The van der Waals surface area contributed by atoms with Gasteiger partial charge in [-0.2, -0.15) is 10.2 Å². The predicted octanol–water partition coefficient (Wildman–Crippen LogP) is 4.19. The van der Waals surface area contributed by atoms with Crippen LogP contribution >= 0.6 is 0 Å². The molecule has 0 spiro atoms. The first-order valence-electron chi connectivity index (χ1n) is 10.9. The lowest BCUT2D eigenvalue weighted by atomic mass is 9.78. The van der Waals surface area contributed by atoms with Gasteiger partial charge in [-0.15, -0.1) is 10.2 Å². The maximum absolute atomic E-state index is 11.7. The summed E-state index contributed by atoms with van der Waals surface area (Å²) >= 11 is 0. The van der Waals surface area contributed by atoms with Gasteiger partial charge in [-0.1, -0.05) is 20.3 Å². The van der Waals surface area contributed by atoms with Gasteiger partial charge in [0.2, 0.25) is 11.8 Å². The van der Waals surface area contributed by atoms with Crippen molar-refractivity contribution in [3.05, 3.63) is 35.7 Å². The summed E-state index contributed by atoms with van der Waals surface area (Å²) in [5, 5.41) is 22.6. The molecular formula is C22H30N6O2. The number of nitrogens with one attached hydrogen (secondary N) is 2. The van der Waals surface area contributed by atoms with Gasteiger partial charge in [0.05, 0.1) is 11.4 Å². The van der Waals surface area contributed by atoms with Crippen molar-refractivity contribution in [3.63, 3.8) is 0 Å². The van der Waals surface area contributed by atoms with Crippen molar-refractivity contribution in [2.45, 2.75) is 77.0 Å². The van der Waals surface area contributed by atoms with Crippen LogP contribution in [0.15, 0.2) is 24.3 Å². The van der Waals surface area contributed by atoms with Crippen molar-refractivity contribution < 1.29 is 9.59 Å². The molecule has 1 aliphatic rings. The van der Waals surface area contributed by atoms with E-state index in [1.54, 1.807) is 0 Å². The molecule has 1 fully saturated rings. The second-order valence-corrected chi connectivity index (χ2v) is 7.84. The first kappa shape index (κ1) is 21.8. The van der Waals surface area contributed by atoms with Crippen molar-refractivity contribution in [1.29, 1.82) is 0 Å². The van der Waals surface area contributed by atoms with Crippen molar-refractivity contribution in [3.8, 4) is 0 Å². The number of amides is 2. The van der Waals surface area contributed by atoms with Gasteiger partial charge in [0.15, 0.2) is 11.6 Å². The average Bonchev–Trinajstić information content (AvgIpc) is 2.75. The largest absolute Gasteiger partial charge is 0.309 e. The maximum Gasteiger partial charge on any atom is 0.225 e. The topological polar surface area (TPSA) is 110 Å². The van der Waals surface area contributed by atoms with Gasteiger partial charge in [-0.05, 0) is 56.4 Å². The van der Waals surface area contributed by atoms with Crippen LogP contribution in [0, 0.1) is 0 Å². The van der Waals surface area contributed by atoms with Gasteiger partial charge in [0, 0.05) is 24.7 Å². The van der Waals surface area contributed by atoms with E-state index in [-0.39, 0.29) is 11.8 Å². The van der Waals surface area contributed by atoms with E-state index in [1.807, 2.05) is 38.1 Å². The minimum Gasteiger partial charge on any atom is -0.309 e. The molecule has 1 aliphatic carbocycles. The number of carbonyl (C=O) groups is 2. The molecule has 160 valence electrons. The highest BCUT2D eigenvalue weighted by Crippen LogP contribution is 2.40. The second-order valence-electron chi connectivity index (χ2n) is 7.84. The second kappa shape index (κ2) is 10.8. The van der Waals surface area contributed by atoms with E-state index < -0.39 is 0 Å². The van der Waals surface area contributed by atoms with E-state index in [0.717, 1.165) is 49.9 Å². The summed E-state index contributed by atoms with van der Waals surface area (Å²) in [6, 6.07) is 7.57. The number of carbonyl (C=O) groups excluding carboxylic acids is 2. The zero-order valence-corrected chi connectivity index (χ0v) is 17.7. The van der Waals surface area contributed by atoms with Crippen LogP contribution in [0.3, 0.4) is 0 Å². The van der Waals surface area contributed by atoms with Crippen molar-refractivity contribution in [2.24, 2.45) is 0 Å². The van der Waals surface area contributed by atoms with E-state index in [4.69, 9.17) is 0 Å². The van der Waals surface area contributed by atoms with Gasteiger partial charge in [0.1, 0.15) is 0 Å². The zero-order chi connectivity index (χ0) is 21.3. The Balaban J connectivity index is 1.59. The monoisotopic (exact) mass is 410 g/mol. The summed E-state index contributed by atoms with van der Waals surface area (Å²) in [5.74, 6) is 1.53. The van der Waals surface area contributed by atoms with Gasteiger partial charge in [-0.25, -0.2) is 0 Å². The quantitative estimate of drug-likeness (QED) is 0.675. The lowest BCUT2D eigenvalue weighted by Crippen LogP contribution is -2.17. The molecule has 0 aromatic carbocycles. The molecule has 2 aromatic heterocycles. The molecule has 2 aromatic rings. The van der Waals surface area contributed by atoms with E-state index in [0.29, 0.717) is 36.3 Å². The lowest BCUT2D eigenvalue weighted by Gasteiger charge is -2.28. The molecule has 2 unspecified atom stereocenters. The van der Waals surface area contributed by atoms with Crippen LogP contribution in [0.1, 0.15) is 88.4 Å². The number of hydrogen-bond donors (Lipinski definition) is 2. The third-order valence-corrected chi connectivity index (χ3v) is 5.37. The van der Waals surface area contributed by atoms with Crippen molar-refractivity contribution in [1.82, 2.24) is 20.4 Å². The molecule has 8 nitrogen and oxygen atoms in total. The minimum absolute atomic E-state index is 0.0369. The number of aromatic nitrogens is 4. The van der Waals surface area contributed by atoms with Crippen LogP contribution in [-0.4, -0.2) is 32.2 Å². The fourth-order valence-corrected chi connectivity index (χ4v) is 3.85. The maximum atomic E-state index is 11.7. The van der Waals surface area contributed by atoms with Gasteiger partial charge in [-0.3, -0.25) is 9.59 Å². The van der Waals surface area contributed by atoms with Crippen LogP contribution < -0.4 is 10.6 Å². The zero-order valence-electron chi connectivity index (χ0n) is 17.7. The fourth-order valence-electron chi connectivity index (χ4n) is 3.85. The smallest absolute Gasteiger partial charge is 0.225 e. The predicted molar refractivity (Wildman–Crippen MR) is 115 cm³/mol. The number of nitrogens with zero attached hydrogens (tertiary/aromatic N) is 4. The van der Waals surface area contributed by atoms with E-state index >= 15 is 0 Å². The first-order chi connectivity index (χ1) is 14.6. The van der Waals surface area contributed by atoms with Crippen molar-refractivity contribution >= 4 is 23.5 Å². The molecule has 2 atom stereocenters. The molecule has 30 heavy (non-hydrogen) atoms. The van der Waals surface area contributed by atoms with Crippen molar-refractivity contribution in [2.75, 3.05) is 10.6 Å². The Bertz CT molecular complexity index is 768. The average molecular weight is 411 g/mol. The highest BCUT2D eigenvalue weighted by atomic mass is 16.2. The Kier molecular flexibility index (Phi) is 7.82. The Morgan fingerprint density at radius 2 is 1.27 bits per heavy atom. The van der Waals surface area contributed by atoms with Gasteiger partial charge < -0.3 is 10.6 Å². The molecule has 0 radical (unpaired) electrons. The lowest BCUT2D eigenvalue weighted by molar-refractivity contribution is -0.117. The van der Waals surface area contributed by atoms with Crippen LogP contribution in [0.2, 0.25) is 0 Å². The normalized spacial score (nSPS) is 18.6. The molecule has 3 rings (SSSR count). The van der Waals surface area contributed by atoms with Crippen LogP contribution in [0.25, 0.3) is 0 Å². The van der Waals surface area contributed by atoms with Crippen LogP contribution in [-0.2, 0) is 9.59 Å². The number of anilines is 2. The standard InChI is InChI=1S/C22H30N6O2/c1-3-6-21(29)23-19-12-10-17(25-27-19)15-8-5-9-16(14-15)18-11-13-20(28-26-18)24-22(30)7-4-2/h10-13,15-16H,3-9,14H2,1-2H3,(H,23,27,29)(H,24,28,30). The Morgan fingerprint density at radius 3 is 1.63 bits per heavy atom.